The maximum atomic E-state index is 11.5. The summed E-state index contributed by atoms with van der Waals surface area (Å²) in [5.74, 6) is 0.785. The van der Waals surface area contributed by atoms with Crippen molar-refractivity contribution in [1.82, 2.24) is 20.2 Å². The maximum absolute atomic E-state index is 11.5. The Morgan fingerprint density at radius 2 is 1.65 bits per heavy atom. The fourth-order valence-corrected chi connectivity index (χ4v) is 3.66. The molecule has 4 aromatic rings. The molecule has 34 heavy (non-hydrogen) atoms. The fourth-order valence-electron chi connectivity index (χ4n) is 3.66. The molecule has 10 heteroatoms. The first kappa shape index (κ1) is 21.4. The quantitative estimate of drug-likeness (QED) is 0.310. The van der Waals surface area contributed by atoms with E-state index in [1.54, 1.807) is 18.3 Å². The van der Waals surface area contributed by atoms with Gasteiger partial charge in [0, 0.05) is 35.8 Å². The Bertz CT molecular complexity index is 1300. The van der Waals surface area contributed by atoms with Crippen molar-refractivity contribution in [3.8, 4) is 0 Å². The predicted molar refractivity (Wildman–Crippen MR) is 133 cm³/mol. The van der Waals surface area contributed by atoms with Crippen molar-refractivity contribution in [2.24, 2.45) is 0 Å². The zero-order valence-electron chi connectivity index (χ0n) is 18.4. The average molecular weight is 457 g/mol. The smallest absolute Gasteiger partial charge is 0.247 e. The second-order valence-corrected chi connectivity index (χ2v) is 7.70. The largest absolute Gasteiger partial charge is 0.378 e. The van der Waals surface area contributed by atoms with Crippen LogP contribution >= 0.6 is 0 Å². The highest BCUT2D eigenvalue weighted by molar-refractivity contribution is 5.99. The molecule has 0 bridgehead atoms. The third kappa shape index (κ3) is 4.81. The second kappa shape index (κ2) is 9.59. The van der Waals surface area contributed by atoms with Crippen LogP contribution in [0, 0.1) is 0 Å². The van der Waals surface area contributed by atoms with E-state index < -0.39 is 0 Å². The highest BCUT2D eigenvalue weighted by Gasteiger charge is 2.13. The Labute approximate surface area is 196 Å². The lowest BCUT2D eigenvalue weighted by Crippen LogP contribution is -2.36. The first-order chi connectivity index (χ1) is 16.7. The van der Waals surface area contributed by atoms with Gasteiger partial charge in [0.15, 0.2) is 5.65 Å². The molecule has 0 spiro atoms. The van der Waals surface area contributed by atoms with E-state index in [1.807, 2.05) is 24.3 Å². The summed E-state index contributed by atoms with van der Waals surface area (Å²) in [6.07, 6.45) is 2.91. The first-order valence-corrected chi connectivity index (χ1v) is 10.9. The minimum absolute atomic E-state index is 0.259. The average Bonchev–Trinajstić information content (AvgIpc) is 3.35. The summed E-state index contributed by atoms with van der Waals surface area (Å²) in [5.41, 5.74) is 4.13. The van der Waals surface area contributed by atoms with Crippen LogP contribution in [0.25, 0.3) is 11.0 Å². The number of fused-ring (bicyclic) bond motifs is 1. The summed E-state index contributed by atoms with van der Waals surface area (Å²) in [6.45, 7) is 6.74. The fraction of sp³-hybridized carbons (Fsp3) is 0.167. The first-order valence-electron chi connectivity index (χ1n) is 10.9. The van der Waals surface area contributed by atoms with Gasteiger partial charge in [-0.1, -0.05) is 6.58 Å². The molecular formula is C24H24N8O2. The van der Waals surface area contributed by atoms with Crippen LogP contribution in [-0.4, -0.2) is 52.4 Å². The molecule has 1 aliphatic heterocycles. The molecule has 0 unspecified atom stereocenters. The van der Waals surface area contributed by atoms with Gasteiger partial charge in [0.25, 0.3) is 0 Å². The number of carbonyl (C=O) groups is 1. The summed E-state index contributed by atoms with van der Waals surface area (Å²) in [5, 5.41) is 17.1. The number of morpholine rings is 1. The zero-order chi connectivity index (χ0) is 23.3. The van der Waals surface area contributed by atoms with E-state index in [9.17, 15) is 4.79 Å². The third-order valence-electron chi connectivity index (χ3n) is 5.41. The number of ether oxygens (including phenoxy) is 1. The number of carbonyl (C=O) groups excluding carboxylic acids is 1. The van der Waals surface area contributed by atoms with Gasteiger partial charge in [0.05, 0.1) is 24.8 Å². The molecule has 172 valence electrons. The van der Waals surface area contributed by atoms with E-state index in [2.05, 4.69) is 59.7 Å². The number of hydrogen-bond acceptors (Lipinski definition) is 8. The van der Waals surface area contributed by atoms with Crippen molar-refractivity contribution in [1.29, 1.82) is 0 Å². The van der Waals surface area contributed by atoms with Gasteiger partial charge in [-0.25, -0.2) is 0 Å². The summed E-state index contributed by atoms with van der Waals surface area (Å²) in [7, 11) is 0. The third-order valence-corrected chi connectivity index (χ3v) is 5.41. The number of aromatic nitrogens is 4. The van der Waals surface area contributed by atoms with Crippen LogP contribution in [0.5, 0.6) is 0 Å². The lowest BCUT2D eigenvalue weighted by atomic mass is 10.2. The number of aromatic amines is 1. The van der Waals surface area contributed by atoms with Crippen molar-refractivity contribution in [2.45, 2.75) is 0 Å². The topological polar surface area (TPSA) is 120 Å². The summed E-state index contributed by atoms with van der Waals surface area (Å²) < 4.78 is 5.43. The Hall–Kier alpha value is -4.44. The van der Waals surface area contributed by atoms with Gasteiger partial charge in [-0.15, -0.1) is 0 Å². The number of nitrogens with one attached hydrogen (secondary N) is 4. The maximum Gasteiger partial charge on any atom is 0.247 e. The number of H-pyrrole nitrogens is 1. The van der Waals surface area contributed by atoms with Crippen LogP contribution in [0.3, 0.4) is 0 Å². The monoisotopic (exact) mass is 456 g/mol. The number of hydrogen-bond donors (Lipinski definition) is 4. The van der Waals surface area contributed by atoms with Crippen molar-refractivity contribution in [2.75, 3.05) is 47.2 Å². The van der Waals surface area contributed by atoms with Crippen LogP contribution in [0.15, 0.2) is 67.4 Å². The van der Waals surface area contributed by atoms with E-state index in [4.69, 9.17) is 4.74 Å². The van der Waals surface area contributed by atoms with Crippen molar-refractivity contribution >= 4 is 51.5 Å². The highest BCUT2D eigenvalue weighted by Crippen LogP contribution is 2.27. The normalized spacial score (nSPS) is 13.5. The van der Waals surface area contributed by atoms with Gasteiger partial charge >= 0.3 is 0 Å². The summed E-state index contributed by atoms with van der Waals surface area (Å²) >= 11 is 0. The van der Waals surface area contributed by atoms with Crippen LogP contribution in [-0.2, 0) is 9.53 Å². The number of amides is 1. The number of nitrogens with zero attached hydrogens (tertiary/aromatic N) is 4. The molecule has 5 rings (SSSR count). The Morgan fingerprint density at radius 3 is 2.38 bits per heavy atom. The Morgan fingerprint density at radius 1 is 0.971 bits per heavy atom. The van der Waals surface area contributed by atoms with Crippen LogP contribution < -0.4 is 20.9 Å². The molecule has 0 saturated carbocycles. The molecule has 1 amide bonds. The Kier molecular flexibility index (Phi) is 6.04. The zero-order valence-corrected chi connectivity index (χ0v) is 18.4. The van der Waals surface area contributed by atoms with Crippen LogP contribution in [0.4, 0.5) is 34.5 Å². The molecule has 2 aromatic heterocycles. The SMILES string of the molecule is C=CC(=O)Nc1ccc(Nc2nc(Nc3ccc(N4CCOCC4)cc3)nc3[nH]ncc23)cc1. The van der Waals surface area contributed by atoms with Crippen molar-refractivity contribution < 1.29 is 9.53 Å². The molecular weight excluding hydrogens is 432 g/mol. The number of anilines is 6. The minimum atomic E-state index is -0.259. The predicted octanol–water partition coefficient (Wildman–Crippen LogP) is 3.80. The van der Waals surface area contributed by atoms with Crippen LogP contribution in [0.2, 0.25) is 0 Å². The standard InChI is InChI=1S/C24H24N8O2/c1-2-21(33)26-16-3-5-17(6-4-16)27-22-20-15-25-31-23(20)30-24(29-22)28-18-7-9-19(10-8-18)32-11-13-34-14-12-32/h2-10,15H,1,11-14H2,(H,26,33)(H3,25,27,28,29,30,31). The van der Waals surface area contributed by atoms with Gasteiger partial charge < -0.3 is 25.6 Å². The molecule has 10 nitrogen and oxygen atoms in total. The molecule has 4 N–H and O–H groups in total. The highest BCUT2D eigenvalue weighted by atomic mass is 16.5. The molecule has 1 fully saturated rings. The summed E-state index contributed by atoms with van der Waals surface area (Å²) in [4.78, 5) is 23.0. The van der Waals surface area contributed by atoms with E-state index in [1.165, 1.54) is 6.08 Å². The van der Waals surface area contributed by atoms with Gasteiger partial charge in [-0.05, 0) is 54.6 Å². The molecule has 1 aliphatic rings. The number of benzene rings is 2. The van der Waals surface area contributed by atoms with Gasteiger partial charge in [-0.2, -0.15) is 15.1 Å². The Balaban J connectivity index is 1.33. The summed E-state index contributed by atoms with van der Waals surface area (Å²) in [6, 6.07) is 15.5. The molecule has 0 aliphatic carbocycles. The second-order valence-electron chi connectivity index (χ2n) is 7.70. The lowest BCUT2D eigenvalue weighted by molar-refractivity contribution is -0.111. The van der Waals surface area contributed by atoms with E-state index in [0.29, 0.717) is 23.1 Å². The van der Waals surface area contributed by atoms with E-state index in [0.717, 1.165) is 48.8 Å². The van der Waals surface area contributed by atoms with Crippen molar-refractivity contribution in [3.63, 3.8) is 0 Å². The van der Waals surface area contributed by atoms with Gasteiger partial charge in [0.2, 0.25) is 11.9 Å². The minimum Gasteiger partial charge on any atom is -0.378 e. The van der Waals surface area contributed by atoms with E-state index in [-0.39, 0.29) is 5.91 Å². The molecule has 2 aromatic carbocycles. The van der Waals surface area contributed by atoms with Crippen molar-refractivity contribution in [3.05, 3.63) is 67.4 Å². The van der Waals surface area contributed by atoms with E-state index >= 15 is 0 Å². The lowest BCUT2D eigenvalue weighted by Gasteiger charge is -2.28. The van der Waals surface area contributed by atoms with Gasteiger partial charge in [-0.3, -0.25) is 9.89 Å². The molecule has 0 radical (unpaired) electrons. The molecule has 3 heterocycles. The van der Waals surface area contributed by atoms with Gasteiger partial charge in [0.1, 0.15) is 5.82 Å². The number of rotatable bonds is 7. The molecule has 1 saturated heterocycles. The molecule has 0 atom stereocenters. The van der Waals surface area contributed by atoms with Crippen LogP contribution in [0.1, 0.15) is 0 Å².